The van der Waals surface area contributed by atoms with Crippen LogP contribution in [0.1, 0.15) is 25.4 Å². The smallest absolute Gasteiger partial charge is 0.287 e. The average molecular weight is 352 g/mol. The number of aryl methyl sites for hydroxylation is 2. The number of anilines is 1. The highest BCUT2D eigenvalue weighted by molar-refractivity contribution is 6.33. The topological polar surface area (TPSA) is 103 Å². The van der Waals surface area contributed by atoms with E-state index in [1.807, 2.05) is 13.8 Å². The highest BCUT2D eigenvalue weighted by Gasteiger charge is 2.12. The van der Waals surface area contributed by atoms with Gasteiger partial charge in [0.05, 0.1) is 17.2 Å². The number of ether oxygens (including phenoxy) is 1. The Morgan fingerprint density at radius 1 is 1.42 bits per heavy atom. The van der Waals surface area contributed by atoms with Crippen LogP contribution in [0.25, 0.3) is 0 Å². The van der Waals surface area contributed by atoms with Gasteiger partial charge in [-0.25, -0.2) is 15.0 Å². The zero-order valence-corrected chi connectivity index (χ0v) is 14.4. The Kier molecular flexibility index (Phi) is 5.86. The van der Waals surface area contributed by atoms with Crippen LogP contribution in [0.15, 0.2) is 18.3 Å². The van der Waals surface area contributed by atoms with Crippen LogP contribution in [-0.4, -0.2) is 32.5 Å². The second-order valence-electron chi connectivity index (χ2n) is 5.15. The van der Waals surface area contributed by atoms with Gasteiger partial charge in [0.25, 0.3) is 5.69 Å². The van der Waals surface area contributed by atoms with Crippen molar-refractivity contribution in [1.82, 2.24) is 15.0 Å². The molecule has 0 aromatic carbocycles. The molecule has 1 atom stereocenters. The van der Waals surface area contributed by atoms with Crippen LogP contribution < -0.4 is 10.1 Å². The van der Waals surface area contributed by atoms with E-state index in [0.717, 1.165) is 18.3 Å². The van der Waals surface area contributed by atoms with Crippen molar-refractivity contribution >= 4 is 23.1 Å². The molecule has 9 heteroatoms. The van der Waals surface area contributed by atoms with E-state index in [2.05, 4.69) is 20.3 Å². The number of nitrogens with zero attached hydrogens (tertiary/aromatic N) is 4. The fraction of sp³-hybridized carbons (Fsp3) is 0.400. The number of nitrogens with one attached hydrogen (secondary N) is 1. The van der Waals surface area contributed by atoms with Crippen LogP contribution in [0.4, 0.5) is 11.5 Å². The predicted octanol–water partition coefficient (Wildman–Crippen LogP) is 3.18. The summed E-state index contributed by atoms with van der Waals surface area (Å²) in [5, 5.41) is 14.2. The van der Waals surface area contributed by atoms with Gasteiger partial charge in [-0.15, -0.1) is 0 Å². The first-order valence-electron chi connectivity index (χ1n) is 7.44. The van der Waals surface area contributed by atoms with Crippen LogP contribution in [0, 0.1) is 17.0 Å². The molecule has 0 aliphatic rings. The first-order valence-corrected chi connectivity index (χ1v) is 7.82. The van der Waals surface area contributed by atoms with E-state index in [9.17, 15) is 10.1 Å². The number of rotatable bonds is 7. The summed E-state index contributed by atoms with van der Waals surface area (Å²) < 4.78 is 5.61. The summed E-state index contributed by atoms with van der Waals surface area (Å²) in [6, 6.07) is 2.81. The van der Waals surface area contributed by atoms with Crippen LogP contribution in [0.2, 0.25) is 5.02 Å². The molecule has 0 bridgehead atoms. The van der Waals surface area contributed by atoms with E-state index in [1.54, 1.807) is 6.92 Å². The highest BCUT2D eigenvalue weighted by atomic mass is 35.5. The molecule has 0 saturated carbocycles. The van der Waals surface area contributed by atoms with Gasteiger partial charge in [-0.1, -0.05) is 18.5 Å². The molecule has 1 unspecified atom stereocenters. The number of hydrogen-bond acceptors (Lipinski definition) is 7. The highest BCUT2D eigenvalue weighted by Crippen LogP contribution is 2.23. The standard InChI is InChI=1S/C15H18ClN5O3/c1-4-12-14(16)15(20-10(3)19-12)18-7-9(2)24-13-6-5-11(8-17-13)21(22)23/h5-6,8-9H,4,7H2,1-3H3,(H,18,19,20). The Labute approximate surface area is 144 Å². The first kappa shape index (κ1) is 17.9. The third kappa shape index (κ3) is 4.51. The monoisotopic (exact) mass is 351 g/mol. The van der Waals surface area contributed by atoms with E-state index in [1.165, 1.54) is 12.1 Å². The van der Waals surface area contributed by atoms with Crippen molar-refractivity contribution in [2.45, 2.75) is 33.3 Å². The van der Waals surface area contributed by atoms with E-state index in [4.69, 9.17) is 16.3 Å². The van der Waals surface area contributed by atoms with E-state index in [-0.39, 0.29) is 11.8 Å². The number of hydrogen-bond donors (Lipinski definition) is 1. The molecular formula is C15H18ClN5O3. The molecule has 0 fully saturated rings. The van der Waals surface area contributed by atoms with Gasteiger partial charge < -0.3 is 10.1 Å². The SMILES string of the molecule is CCc1nc(C)nc(NCC(C)Oc2ccc([N+](=O)[O-])cn2)c1Cl. The molecular weight excluding hydrogens is 334 g/mol. The molecule has 2 rings (SSSR count). The minimum Gasteiger partial charge on any atom is -0.473 e. The van der Waals surface area contributed by atoms with Crippen molar-refractivity contribution in [2.75, 3.05) is 11.9 Å². The van der Waals surface area contributed by atoms with Gasteiger partial charge in [0.1, 0.15) is 29.0 Å². The Hall–Kier alpha value is -2.48. The van der Waals surface area contributed by atoms with Crippen LogP contribution in [0.3, 0.4) is 0 Å². The fourth-order valence-electron chi connectivity index (χ4n) is 2.01. The molecule has 0 radical (unpaired) electrons. The van der Waals surface area contributed by atoms with Crippen molar-refractivity contribution in [2.24, 2.45) is 0 Å². The van der Waals surface area contributed by atoms with Crippen LogP contribution in [-0.2, 0) is 6.42 Å². The molecule has 8 nitrogen and oxygen atoms in total. The van der Waals surface area contributed by atoms with E-state index < -0.39 is 4.92 Å². The van der Waals surface area contributed by atoms with Crippen molar-refractivity contribution < 1.29 is 9.66 Å². The zero-order valence-electron chi connectivity index (χ0n) is 13.6. The minimum absolute atomic E-state index is 0.0801. The lowest BCUT2D eigenvalue weighted by Crippen LogP contribution is -2.24. The Morgan fingerprint density at radius 2 is 2.17 bits per heavy atom. The van der Waals surface area contributed by atoms with Crippen molar-refractivity contribution in [3.05, 3.63) is 45.0 Å². The van der Waals surface area contributed by atoms with Crippen molar-refractivity contribution in [3.63, 3.8) is 0 Å². The lowest BCUT2D eigenvalue weighted by Gasteiger charge is -2.16. The van der Waals surface area contributed by atoms with Gasteiger partial charge in [0, 0.05) is 12.1 Å². The van der Waals surface area contributed by atoms with Gasteiger partial charge in [-0.3, -0.25) is 10.1 Å². The quantitative estimate of drug-likeness (QED) is 0.603. The normalized spacial score (nSPS) is 11.8. The number of nitro groups is 1. The largest absolute Gasteiger partial charge is 0.473 e. The summed E-state index contributed by atoms with van der Waals surface area (Å²) >= 11 is 6.27. The van der Waals surface area contributed by atoms with E-state index >= 15 is 0 Å². The Morgan fingerprint density at radius 3 is 2.75 bits per heavy atom. The maximum absolute atomic E-state index is 10.6. The number of pyridine rings is 1. The summed E-state index contributed by atoms with van der Waals surface area (Å²) in [5.74, 6) is 1.52. The van der Waals surface area contributed by atoms with Crippen molar-refractivity contribution in [1.29, 1.82) is 0 Å². The van der Waals surface area contributed by atoms with Gasteiger partial charge in [0.2, 0.25) is 5.88 Å². The molecule has 2 heterocycles. The summed E-state index contributed by atoms with van der Waals surface area (Å²) in [6.45, 7) is 6.07. The molecule has 1 N–H and O–H groups in total. The molecule has 2 aromatic rings. The maximum atomic E-state index is 10.6. The average Bonchev–Trinajstić information content (AvgIpc) is 2.55. The van der Waals surface area contributed by atoms with Gasteiger partial charge >= 0.3 is 0 Å². The molecule has 0 aliphatic carbocycles. The molecule has 24 heavy (non-hydrogen) atoms. The van der Waals surface area contributed by atoms with Crippen LogP contribution >= 0.6 is 11.6 Å². The van der Waals surface area contributed by atoms with Gasteiger partial charge in [0.15, 0.2) is 0 Å². The summed E-state index contributed by atoms with van der Waals surface area (Å²) in [7, 11) is 0. The molecule has 0 aliphatic heterocycles. The van der Waals surface area contributed by atoms with Crippen LogP contribution in [0.5, 0.6) is 5.88 Å². The molecule has 0 amide bonds. The maximum Gasteiger partial charge on any atom is 0.287 e. The third-order valence-electron chi connectivity index (χ3n) is 3.18. The summed E-state index contributed by atoms with van der Waals surface area (Å²) in [5.41, 5.74) is 0.709. The molecule has 128 valence electrons. The summed E-state index contributed by atoms with van der Waals surface area (Å²) in [4.78, 5) is 22.6. The lowest BCUT2D eigenvalue weighted by molar-refractivity contribution is -0.385. The fourth-order valence-corrected chi connectivity index (χ4v) is 2.29. The van der Waals surface area contributed by atoms with E-state index in [0.29, 0.717) is 29.1 Å². The van der Waals surface area contributed by atoms with Gasteiger partial charge in [-0.2, -0.15) is 0 Å². The molecule has 0 spiro atoms. The molecule has 0 saturated heterocycles. The Balaban J connectivity index is 1.97. The first-order chi connectivity index (χ1) is 11.4. The van der Waals surface area contributed by atoms with Crippen molar-refractivity contribution in [3.8, 4) is 5.88 Å². The zero-order chi connectivity index (χ0) is 17.7. The minimum atomic E-state index is -0.507. The number of aromatic nitrogens is 3. The second-order valence-corrected chi connectivity index (χ2v) is 5.53. The summed E-state index contributed by atoms with van der Waals surface area (Å²) in [6.07, 6.45) is 1.64. The third-order valence-corrected chi connectivity index (χ3v) is 3.57. The number of halogens is 1. The predicted molar refractivity (Wildman–Crippen MR) is 90.6 cm³/mol. The second kappa shape index (κ2) is 7.87. The Bertz CT molecular complexity index is 724. The lowest BCUT2D eigenvalue weighted by atomic mass is 10.3. The van der Waals surface area contributed by atoms with Gasteiger partial charge in [-0.05, 0) is 20.3 Å². The molecule has 2 aromatic heterocycles.